The first-order valence-electron chi connectivity index (χ1n) is 8.17. The molecule has 2 atom stereocenters. The molecule has 144 valence electrons. The molecule has 1 aliphatic heterocycles. The summed E-state index contributed by atoms with van der Waals surface area (Å²) < 4.78 is 22.8. The van der Waals surface area contributed by atoms with Gasteiger partial charge in [0.05, 0.1) is 32.2 Å². The molecule has 0 aromatic heterocycles. The number of methoxy groups -OCH3 is 1. The number of amides is 2. The zero-order valence-corrected chi connectivity index (χ0v) is 16.1. The van der Waals surface area contributed by atoms with Crippen LogP contribution in [0.3, 0.4) is 0 Å². The Hall–Kier alpha value is -1.44. The van der Waals surface area contributed by atoms with E-state index in [0.29, 0.717) is 6.54 Å². The number of esters is 1. The minimum atomic E-state index is -3.17. The van der Waals surface area contributed by atoms with Gasteiger partial charge in [0.1, 0.15) is 0 Å². The van der Waals surface area contributed by atoms with E-state index in [4.69, 9.17) is 4.52 Å². The molecule has 1 fully saturated rings. The monoisotopic (exact) mass is 377 g/mol. The minimum absolute atomic E-state index is 0.0597. The highest BCUT2D eigenvalue weighted by molar-refractivity contribution is 7.57. The molecule has 0 spiro atoms. The van der Waals surface area contributed by atoms with Gasteiger partial charge in [-0.25, -0.2) is 5.09 Å². The minimum Gasteiger partial charge on any atom is -0.469 e. The van der Waals surface area contributed by atoms with Gasteiger partial charge in [-0.3, -0.25) is 18.9 Å². The van der Waals surface area contributed by atoms with Gasteiger partial charge < -0.3 is 19.9 Å². The Morgan fingerprint density at radius 3 is 2.48 bits per heavy atom. The van der Waals surface area contributed by atoms with E-state index in [1.807, 2.05) is 13.8 Å². The van der Waals surface area contributed by atoms with E-state index in [0.717, 1.165) is 0 Å². The van der Waals surface area contributed by atoms with E-state index >= 15 is 0 Å². The van der Waals surface area contributed by atoms with Crippen molar-refractivity contribution in [3.63, 3.8) is 0 Å². The summed E-state index contributed by atoms with van der Waals surface area (Å²) >= 11 is 0. The molecule has 1 heterocycles. The Bertz CT molecular complexity index is 551. The molecule has 3 N–H and O–H groups in total. The zero-order chi connectivity index (χ0) is 19.1. The molecule has 1 rings (SSSR count). The molecule has 10 heteroatoms. The summed E-state index contributed by atoms with van der Waals surface area (Å²) in [6.07, 6.45) is 0.142. The van der Waals surface area contributed by atoms with Crippen LogP contribution in [0.5, 0.6) is 0 Å². The molecular formula is C15H28N3O6P. The van der Waals surface area contributed by atoms with Gasteiger partial charge in [-0.05, 0) is 0 Å². The van der Waals surface area contributed by atoms with Gasteiger partial charge in [0.2, 0.25) is 11.8 Å². The van der Waals surface area contributed by atoms with Gasteiger partial charge in [-0.1, -0.05) is 13.8 Å². The maximum Gasteiger partial charge on any atom is 0.307 e. The van der Waals surface area contributed by atoms with Crippen molar-refractivity contribution < 1.29 is 28.2 Å². The van der Waals surface area contributed by atoms with Crippen LogP contribution in [0.4, 0.5) is 0 Å². The highest BCUT2D eigenvalue weighted by Crippen LogP contribution is 2.53. The van der Waals surface area contributed by atoms with Gasteiger partial charge in [-0.2, -0.15) is 0 Å². The lowest BCUT2D eigenvalue weighted by Gasteiger charge is -2.40. The van der Waals surface area contributed by atoms with Crippen molar-refractivity contribution >= 4 is 25.3 Å². The third-order valence-electron chi connectivity index (χ3n) is 4.04. The molecule has 25 heavy (non-hydrogen) atoms. The first kappa shape index (κ1) is 21.6. The van der Waals surface area contributed by atoms with Crippen LogP contribution in [0.15, 0.2) is 0 Å². The van der Waals surface area contributed by atoms with E-state index in [1.54, 1.807) is 0 Å². The first-order valence-corrected chi connectivity index (χ1v) is 9.98. The Morgan fingerprint density at radius 2 is 1.88 bits per heavy atom. The van der Waals surface area contributed by atoms with E-state index in [-0.39, 0.29) is 44.1 Å². The Kier molecular flexibility index (Phi) is 8.05. The van der Waals surface area contributed by atoms with Gasteiger partial charge >= 0.3 is 5.97 Å². The lowest BCUT2D eigenvalue weighted by Crippen LogP contribution is -2.48. The van der Waals surface area contributed by atoms with Crippen LogP contribution in [-0.2, 0) is 28.2 Å². The fraction of sp³-hybridized carbons (Fsp3) is 0.800. The smallest absolute Gasteiger partial charge is 0.307 e. The number of ether oxygens (including phenoxy) is 1. The summed E-state index contributed by atoms with van der Waals surface area (Å²) in [7, 11) is -1.89. The van der Waals surface area contributed by atoms with Crippen LogP contribution in [0.2, 0.25) is 0 Å². The number of hydrogen-bond donors (Lipinski definition) is 3. The van der Waals surface area contributed by atoms with Crippen LogP contribution in [0.1, 0.15) is 27.2 Å². The van der Waals surface area contributed by atoms with Crippen molar-refractivity contribution in [2.24, 2.45) is 11.3 Å². The summed E-state index contributed by atoms with van der Waals surface area (Å²) in [5.41, 5.74) is -0.484. The van der Waals surface area contributed by atoms with Gasteiger partial charge in [0, 0.05) is 32.0 Å². The van der Waals surface area contributed by atoms with Crippen LogP contribution in [0, 0.1) is 11.3 Å². The molecule has 9 nitrogen and oxygen atoms in total. The second kappa shape index (κ2) is 9.31. The van der Waals surface area contributed by atoms with Crippen LogP contribution in [-0.4, -0.2) is 57.3 Å². The predicted molar refractivity (Wildman–Crippen MR) is 92.0 cm³/mol. The van der Waals surface area contributed by atoms with Crippen molar-refractivity contribution in [3.8, 4) is 0 Å². The summed E-state index contributed by atoms with van der Waals surface area (Å²) in [4.78, 5) is 34.4. The highest BCUT2D eigenvalue weighted by Gasteiger charge is 2.46. The molecule has 2 amide bonds. The average Bonchev–Trinajstić information content (AvgIpc) is 2.54. The van der Waals surface area contributed by atoms with Gasteiger partial charge in [0.25, 0.3) is 7.52 Å². The predicted octanol–water partition coefficient (Wildman–Crippen LogP) is 0.257. The van der Waals surface area contributed by atoms with Crippen molar-refractivity contribution in [2.45, 2.75) is 27.2 Å². The fourth-order valence-electron chi connectivity index (χ4n) is 2.44. The van der Waals surface area contributed by atoms with Crippen LogP contribution >= 0.6 is 7.52 Å². The van der Waals surface area contributed by atoms with Crippen LogP contribution in [0.25, 0.3) is 0 Å². The van der Waals surface area contributed by atoms with Crippen molar-refractivity contribution in [1.82, 2.24) is 15.7 Å². The van der Waals surface area contributed by atoms with Gasteiger partial charge in [-0.15, -0.1) is 0 Å². The molecule has 0 bridgehead atoms. The standard InChI is InChI=1S/C15H28N3O6P/c1-11(19)16-7-8-18-25(22)9-12(15(2,3)10-24-25)14(21)17-6-5-13(20)23-4/h12H,5-10H2,1-4H3,(H,16,19)(H,17,21)(H,18,22)/t12-,25?/m0/s1. The normalized spacial score (nSPS) is 25.0. The summed E-state index contributed by atoms with van der Waals surface area (Å²) in [5.74, 6) is -1.36. The van der Waals surface area contributed by atoms with E-state index in [2.05, 4.69) is 20.5 Å². The SMILES string of the molecule is COC(=O)CCNC(=O)[C@@H]1CP(=O)(NCCNC(C)=O)OCC1(C)C. The van der Waals surface area contributed by atoms with Crippen molar-refractivity contribution in [2.75, 3.05) is 39.5 Å². The number of rotatable bonds is 8. The van der Waals surface area contributed by atoms with E-state index in [1.165, 1.54) is 14.0 Å². The Morgan fingerprint density at radius 1 is 1.20 bits per heavy atom. The third kappa shape index (κ3) is 7.13. The molecule has 1 aliphatic rings. The van der Waals surface area contributed by atoms with Gasteiger partial charge in [0.15, 0.2) is 0 Å². The number of hydrogen-bond acceptors (Lipinski definition) is 6. The molecule has 1 unspecified atom stereocenters. The molecule has 0 aliphatic carbocycles. The molecule has 0 saturated carbocycles. The molecule has 0 aromatic carbocycles. The van der Waals surface area contributed by atoms with E-state index in [9.17, 15) is 18.9 Å². The third-order valence-corrected chi connectivity index (χ3v) is 6.13. The number of carbonyl (C=O) groups is 3. The fourth-order valence-corrected chi connectivity index (χ4v) is 4.90. The largest absolute Gasteiger partial charge is 0.469 e. The lowest BCUT2D eigenvalue weighted by atomic mass is 9.80. The summed E-state index contributed by atoms with van der Waals surface area (Å²) in [5, 5.41) is 8.11. The Labute approximate surface area is 148 Å². The maximum absolute atomic E-state index is 12.8. The molecule has 0 radical (unpaired) electrons. The number of carbonyl (C=O) groups excluding carboxylic acids is 3. The molecular weight excluding hydrogens is 349 g/mol. The molecule has 0 aromatic rings. The van der Waals surface area contributed by atoms with Crippen molar-refractivity contribution in [1.29, 1.82) is 0 Å². The lowest BCUT2D eigenvalue weighted by molar-refractivity contribution is -0.140. The summed E-state index contributed by atoms with van der Waals surface area (Å²) in [6, 6.07) is 0. The van der Waals surface area contributed by atoms with Crippen molar-refractivity contribution in [3.05, 3.63) is 0 Å². The highest BCUT2D eigenvalue weighted by atomic mass is 31.2. The second-order valence-electron chi connectivity index (χ2n) is 6.68. The zero-order valence-electron chi connectivity index (χ0n) is 15.2. The maximum atomic E-state index is 12.8. The van der Waals surface area contributed by atoms with Crippen LogP contribution < -0.4 is 15.7 Å². The summed E-state index contributed by atoms with van der Waals surface area (Å²) in [6.45, 7) is 6.09. The second-order valence-corrected chi connectivity index (χ2v) is 8.97. The van der Waals surface area contributed by atoms with E-state index < -0.39 is 24.8 Å². The number of nitrogens with one attached hydrogen (secondary N) is 3. The Balaban J connectivity index is 2.60. The topological polar surface area (TPSA) is 123 Å². The average molecular weight is 377 g/mol. The molecule has 1 saturated heterocycles. The first-order chi connectivity index (χ1) is 11.6. The quantitative estimate of drug-likeness (QED) is 0.315.